The van der Waals surface area contributed by atoms with Gasteiger partial charge in [0.15, 0.2) is 0 Å². The summed E-state index contributed by atoms with van der Waals surface area (Å²) >= 11 is 0. The number of hydrogen-bond acceptors (Lipinski definition) is 4. The molecule has 0 spiro atoms. The van der Waals surface area contributed by atoms with Crippen LogP contribution >= 0.6 is 0 Å². The second kappa shape index (κ2) is 7.26. The molecule has 0 saturated heterocycles. The number of alkyl halides is 3. The Hall–Kier alpha value is -3.09. The summed E-state index contributed by atoms with van der Waals surface area (Å²) in [4.78, 5) is 24.4. The fraction of sp³-hybridized carbons (Fsp3) is 0.353. The fourth-order valence-corrected chi connectivity index (χ4v) is 2.32. The van der Waals surface area contributed by atoms with Gasteiger partial charge in [-0.2, -0.15) is 18.4 Å². The van der Waals surface area contributed by atoms with Crippen molar-refractivity contribution in [3.63, 3.8) is 0 Å². The van der Waals surface area contributed by atoms with Gasteiger partial charge in [-0.1, -0.05) is 6.92 Å². The van der Waals surface area contributed by atoms with Crippen LogP contribution in [0.4, 0.5) is 17.6 Å². The summed E-state index contributed by atoms with van der Waals surface area (Å²) < 4.78 is 59.2. The van der Waals surface area contributed by atoms with Gasteiger partial charge in [0.2, 0.25) is 0 Å². The predicted octanol–water partition coefficient (Wildman–Crippen LogP) is 2.74. The van der Waals surface area contributed by atoms with Gasteiger partial charge in [-0.15, -0.1) is 0 Å². The molecule has 0 amide bonds. The Morgan fingerprint density at radius 3 is 2.41 bits per heavy atom. The molecule has 0 fully saturated rings. The van der Waals surface area contributed by atoms with E-state index in [1.165, 1.54) is 0 Å². The number of halogens is 4. The first-order valence-electron chi connectivity index (χ1n) is 7.82. The highest BCUT2D eigenvalue weighted by Gasteiger charge is 2.35. The highest BCUT2D eigenvalue weighted by atomic mass is 19.4. The summed E-state index contributed by atoms with van der Waals surface area (Å²) in [5.41, 5.74) is -4.98. The van der Waals surface area contributed by atoms with Crippen LogP contribution in [0.5, 0.6) is 5.75 Å². The van der Waals surface area contributed by atoms with E-state index in [0.29, 0.717) is 6.42 Å². The Labute approximate surface area is 150 Å². The lowest BCUT2D eigenvalue weighted by molar-refractivity contribution is -0.144. The largest absolute Gasteiger partial charge is 0.489 e. The first-order chi connectivity index (χ1) is 12.5. The number of aromatic nitrogens is 2. The summed E-state index contributed by atoms with van der Waals surface area (Å²) in [6, 6.07) is 3.65. The zero-order chi connectivity index (χ0) is 20.5. The molecule has 6 nitrogen and oxygen atoms in total. The van der Waals surface area contributed by atoms with Gasteiger partial charge in [0.05, 0.1) is 17.4 Å². The molecule has 1 heterocycles. The van der Waals surface area contributed by atoms with Gasteiger partial charge in [0.25, 0.3) is 5.56 Å². The maximum atomic E-state index is 14.4. The zero-order valence-electron chi connectivity index (χ0n) is 14.6. The molecule has 0 N–H and O–H groups in total. The third kappa shape index (κ3) is 3.86. The van der Waals surface area contributed by atoms with E-state index in [9.17, 15) is 27.2 Å². The van der Waals surface area contributed by atoms with Crippen molar-refractivity contribution in [1.29, 1.82) is 5.26 Å². The van der Waals surface area contributed by atoms with Crippen molar-refractivity contribution in [3.05, 3.63) is 56.1 Å². The smallest absolute Gasteiger partial charge is 0.431 e. The number of nitrogens with zero attached hydrogens (tertiary/aromatic N) is 3. The van der Waals surface area contributed by atoms with Gasteiger partial charge in [-0.25, -0.2) is 13.8 Å². The Balaban J connectivity index is 2.78. The Bertz CT molecular complexity index is 1030. The van der Waals surface area contributed by atoms with Crippen molar-refractivity contribution in [2.45, 2.75) is 32.5 Å². The summed E-state index contributed by atoms with van der Waals surface area (Å²) in [5.74, 6) is -1.21. The fourth-order valence-electron chi connectivity index (χ4n) is 2.32. The Morgan fingerprint density at radius 2 is 1.89 bits per heavy atom. The van der Waals surface area contributed by atoms with Gasteiger partial charge < -0.3 is 4.74 Å². The first-order valence-corrected chi connectivity index (χ1v) is 7.82. The summed E-state index contributed by atoms with van der Waals surface area (Å²) in [5, 5.41) is 9.11. The van der Waals surface area contributed by atoms with Gasteiger partial charge in [-0.05, 0) is 19.4 Å². The molecule has 0 saturated carbocycles. The molecule has 1 aromatic carbocycles. The van der Waals surface area contributed by atoms with Gasteiger partial charge >= 0.3 is 11.9 Å². The molecular formula is C17H15F4N3O3. The lowest BCUT2D eigenvalue weighted by Gasteiger charge is -2.17. The van der Waals surface area contributed by atoms with E-state index in [4.69, 9.17) is 10.00 Å². The van der Waals surface area contributed by atoms with Crippen molar-refractivity contribution in [2.24, 2.45) is 7.05 Å². The Kier molecular flexibility index (Phi) is 5.44. The molecule has 144 valence electrons. The lowest BCUT2D eigenvalue weighted by Crippen LogP contribution is -2.41. The first kappa shape index (κ1) is 20.2. The topological polar surface area (TPSA) is 77.0 Å². The molecule has 27 heavy (non-hydrogen) atoms. The molecule has 0 bridgehead atoms. The molecule has 0 aliphatic heterocycles. The van der Waals surface area contributed by atoms with Crippen LogP contribution in [0.25, 0.3) is 5.69 Å². The Morgan fingerprint density at radius 1 is 1.26 bits per heavy atom. The molecule has 1 aromatic heterocycles. The minimum Gasteiger partial charge on any atom is -0.489 e. The number of rotatable bonds is 4. The number of hydrogen-bond donors (Lipinski definition) is 0. The molecule has 0 radical (unpaired) electrons. The normalized spacial score (nSPS) is 12.5. The van der Waals surface area contributed by atoms with Gasteiger partial charge in [0, 0.05) is 19.2 Å². The minimum atomic E-state index is -4.93. The summed E-state index contributed by atoms with van der Waals surface area (Å²) in [7, 11) is 0.819. The monoisotopic (exact) mass is 385 g/mol. The molecular weight excluding hydrogens is 370 g/mol. The third-order valence-electron chi connectivity index (χ3n) is 3.92. The molecule has 1 atom stereocenters. The van der Waals surface area contributed by atoms with Gasteiger partial charge in [-0.3, -0.25) is 9.36 Å². The van der Waals surface area contributed by atoms with Crippen LogP contribution in [0.15, 0.2) is 27.8 Å². The second-order valence-corrected chi connectivity index (χ2v) is 5.79. The van der Waals surface area contributed by atoms with Crippen LogP contribution in [0.1, 0.15) is 31.5 Å². The SMILES string of the molecule is CCC(C)Oc1cc(-n2c(=O)cc(C(F)(F)F)n(C)c2=O)c(F)cc1C#N. The predicted molar refractivity (Wildman–Crippen MR) is 87.3 cm³/mol. The van der Waals surface area contributed by atoms with E-state index in [-0.39, 0.29) is 32.6 Å². The van der Waals surface area contributed by atoms with Crippen molar-refractivity contribution in [3.8, 4) is 17.5 Å². The molecule has 2 rings (SSSR count). The molecule has 10 heteroatoms. The van der Waals surface area contributed by atoms with E-state index in [1.807, 2.05) is 0 Å². The van der Waals surface area contributed by atoms with Crippen LogP contribution in [0, 0.1) is 17.1 Å². The number of nitriles is 1. The third-order valence-corrected chi connectivity index (χ3v) is 3.92. The average Bonchev–Trinajstić information content (AvgIpc) is 2.59. The van der Waals surface area contributed by atoms with Crippen LogP contribution in [0.3, 0.4) is 0 Å². The average molecular weight is 385 g/mol. The quantitative estimate of drug-likeness (QED) is 0.759. The van der Waals surface area contributed by atoms with Gasteiger partial charge in [0.1, 0.15) is 23.3 Å². The molecule has 1 unspecified atom stereocenters. The maximum absolute atomic E-state index is 14.4. The van der Waals surface area contributed by atoms with E-state index in [0.717, 1.165) is 19.2 Å². The number of benzene rings is 1. The number of ether oxygens (including phenoxy) is 1. The van der Waals surface area contributed by atoms with Crippen LogP contribution in [-0.2, 0) is 13.2 Å². The zero-order valence-corrected chi connectivity index (χ0v) is 14.6. The van der Waals surface area contributed by atoms with Crippen molar-refractivity contribution < 1.29 is 22.3 Å². The van der Waals surface area contributed by atoms with E-state index >= 15 is 0 Å². The minimum absolute atomic E-state index is 0.0860. The standard InChI is InChI=1S/C17H15F4N3O3/c1-4-9(2)27-13-6-12(11(18)5-10(13)8-22)24-15(25)7-14(17(19,20)21)23(3)16(24)26/h5-7,9H,4H2,1-3H3. The maximum Gasteiger partial charge on any atom is 0.431 e. The lowest BCUT2D eigenvalue weighted by atomic mass is 10.1. The highest BCUT2D eigenvalue weighted by molar-refractivity contribution is 5.51. The molecule has 2 aromatic rings. The van der Waals surface area contributed by atoms with Crippen molar-refractivity contribution in [2.75, 3.05) is 0 Å². The second-order valence-electron chi connectivity index (χ2n) is 5.79. The summed E-state index contributed by atoms with van der Waals surface area (Å²) in [6.07, 6.45) is -4.73. The van der Waals surface area contributed by atoms with E-state index < -0.39 is 34.6 Å². The molecule has 0 aliphatic rings. The van der Waals surface area contributed by atoms with E-state index in [1.54, 1.807) is 19.9 Å². The van der Waals surface area contributed by atoms with Crippen molar-refractivity contribution in [1.82, 2.24) is 9.13 Å². The summed E-state index contributed by atoms with van der Waals surface area (Å²) in [6.45, 7) is 3.49. The van der Waals surface area contributed by atoms with Crippen molar-refractivity contribution >= 4 is 0 Å². The van der Waals surface area contributed by atoms with E-state index in [2.05, 4.69) is 0 Å². The molecule has 0 aliphatic carbocycles. The highest BCUT2D eigenvalue weighted by Crippen LogP contribution is 2.28. The van der Waals surface area contributed by atoms with Crippen LogP contribution in [0.2, 0.25) is 0 Å². The van der Waals surface area contributed by atoms with Crippen LogP contribution < -0.4 is 16.0 Å². The van der Waals surface area contributed by atoms with Crippen LogP contribution in [-0.4, -0.2) is 15.2 Å².